The quantitative estimate of drug-likeness (QED) is 0.502. The van der Waals surface area contributed by atoms with Gasteiger partial charge < -0.3 is 15.1 Å². The highest BCUT2D eigenvalue weighted by molar-refractivity contribution is 7.80. The van der Waals surface area contributed by atoms with E-state index >= 15 is 0 Å². The van der Waals surface area contributed by atoms with Crippen molar-refractivity contribution in [3.8, 4) is 0 Å². The van der Waals surface area contributed by atoms with Crippen molar-refractivity contribution in [1.82, 2.24) is 10.6 Å². The molecule has 108 valence electrons. The van der Waals surface area contributed by atoms with Crippen molar-refractivity contribution >= 4 is 17.3 Å². The van der Waals surface area contributed by atoms with Gasteiger partial charge in [-0.3, -0.25) is 0 Å². The molecule has 0 aliphatic carbocycles. The lowest BCUT2D eigenvalue weighted by molar-refractivity contribution is 0.502. The third-order valence-corrected chi connectivity index (χ3v) is 3.36. The summed E-state index contributed by atoms with van der Waals surface area (Å²) in [6.07, 6.45) is 10.9. The van der Waals surface area contributed by atoms with Crippen molar-refractivity contribution in [2.45, 2.75) is 58.4 Å². The van der Waals surface area contributed by atoms with Crippen LogP contribution in [-0.2, 0) is 6.54 Å². The Hall–Kier alpha value is -1.03. The Kier molecular flexibility index (Phi) is 9.15. The van der Waals surface area contributed by atoms with Gasteiger partial charge in [0.1, 0.15) is 5.76 Å². The van der Waals surface area contributed by atoms with E-state index in [4.69, 9.17) is 16.6 Å². The highest BCUT2D eigenvalue weighted by Crippen LogP contribution is 2.06. The number of hydrogen-bond acceptors (Lipinski definition) is 2. The highest BCUT2D eigenvalue weighted by atomic mass is 32.1. The van der Waals surface area contributed by atoms with E-state index in [2.05, 4.69) is 17.6 Å². The van der Waals surface area contributed by atoms with E-state index in [9.17, 15) is 0 Å². The number of nitrogens with one attached hydrogen (secondary N) is 2. The van der Waals surface area contributed by atoms with Gasteiger partial charge in [-0.1, -0.05) is 45.4 Å². The van der Waals surface area contributed by atoms with Gasteiger partial charge in [-0.2, -0.15) is 0 Å². The molecule has 3 nitrogen and oxygen atoms in total. The Morgan fingerprint density at radius 2 is 1.84 bits per heavy atom. The third-order valence-electron chi connectivity index (χ3n) is 3.07. The fraction of sp³-hybridized carbons (Fsp3) is 0.667. The van der Waals surface area contributed by atoms with E-state index in [-0.39, 0.29) is 0 Å². The summed E-state index contributed by atoms with van der Waals surface area (Å²) >= 11 is 5.20. The van der Waals surface area contributed by atoms with Crippen molar-refractivity contribution in [1.29, 1.82) is 0 Å². The van der Waals surface area contributed by atoms with E-state index in [1.165, 1.54) is 44.9 Å². The van der Waals surface area contributed by atoms with Crippen LogP contribution in [0.25, 0.3) is 0 Å². The van der Waals surface area contributed by atoms with Crippen LogP contribution in [0.3, 0.4) is 0 Å². The molecule has 2 N–H and O–H groups in total. The van der Waals surface area contributed by atoms with Crippen LogP contribution >= 0.6 is 12.2 Å². The van der Waals surface area contributed by atoms with Crippen LogP contribution in [0.15, 0.2) is 22.8 Å². The molecule has 4 heteroatoms. The lowest BCUT2D eigenvalue weighted by atomic mass is 10.1. The molecule has 1 heterocycles. The topological polar surface area (TPSA) is 37.2 Å². The minimum Gasteiger partial charge on any atom is -0.467 e. The Morgan fingerprint density at radius 1 is 1.11 bits per heavy atom. The zero-order valence-electron chi connectivity index (χ0n) is 11.9. The van der Waals surface area contributed by atoms with Gasteiger partial charge in [0.05, 0.1) is 12.8 Å². The molecule has 1 aromatic heterocycles. The molecule has 0 bridgehead atoms. The molecule has 0 aliphatic heterocycles. The Labute approximate surface area is 122 Å². The average Bonchev–Trinajstić information content (AvgIpc) is 2.93. The number of furan rings is 1. The molecule has 0 saturated carbocycles. The lowest BCUT2D eigenvalue weighted by Gasteiger charge is -2.09. The first-order valence-electron chi connectivity index (χ1n) is 7.37. The Bertz CT molecular complexity index is 325. The summed E-state index contributed by atoms with van der Waals surface area (Å²) in [5.74, 6) is 0.903. The van der Waals surface area contributed by atoms with Gasteiger partial charge in [-0.05, 0) is 30.8 Å². The Balaban J connectivity index is 1.87. The van der Waals surface area contributed by atoms with Gasteiger partial charge in [-0.25, -0.2) is 0 Å². The minimum absolute atomic E-state index is 0.649. The summed E-state index contributed by atoms with van der Waals surface area (Å²) in [5.41, 5.74) is 0. The largest absolute Gasteiger partial charge is 0.467 e. The van der Waals surface area contributed by atoms with E-state index in [1.807, 2.05) is 12.1 Å². The summed E-state index contributed by atoms with van der Waals surface area (Å²) in [6, 6.07) is 3.82. The molecule has 0 atom stereocenters. The number of rotatable bonds is 10. The fourth-order valence-electron chi connectivity index (χ4n) is 1.93. The van der Waals surface area contributed by atoms with Gasteiger partial charge in [-0.15, -0.1) is 0 Å². The van der Waals surface area contributed by atoms with Crippen molar-refractivity contribution in [3.63, 3.8) is 0 Å². The van der Waals surface area contributed by atoms with Crippen LogP contribution in [0.5, 0.6) is 0 Å². The van der Waals surface area contributed by atoms with Gasteiger partial charge in [0.25, 0.3) is 0 Å². The van der Waals surface area contributed by atoms with Gasteiger partial charge in [0, 0.05) is 6.54 Å². The lowest BCUT2D eigenvalue weighted by Crippen LogP contribution is -2.35. The average molecular weight is 282 g/mol. The van der Waals surface area contributed by atoms with E-state index in [0.717, 1.165) is 12.3 Å². The minimum atomic E-state index is 0.649. The van der Waals surface area contributed by atoms with E-state index in [0.29, 0.717) is 11.7 Å². The molecule has 0 aromatic carbocycles. The second-order valence-corrected chi connectivity index (χ2v) is 5.22. The van der Waals surface area contributed by atoms with Crippen LogP contribution in [0.4, 0.5) is 0 Å². The SMILES string of the molecule is CCCCCCCCCNC(=S)NCc1ccco1. The number of unbranched alkanes of at least 4 members (excludes halogenated alkanes) is 6. The van der Waals surface area contributed by atoms with Crippen LogP contribution in [0.1, 0.15) is 57.6 Å². The van der Waals surface area contributed by atoms with Crippen molar-refractivity contribution in [2.24, 2.45) is 0 Å². The number of thiocarbonyl (C=S) groups is 1. The molecule has 0 radical (unpaired) electrons. The molecule has 0 amide bonds. The molecule has 0 fully saturated rings. The second-order valence-electron chi connectivity index (χ2n) is 4.81. The first-order valence-corrected chi connectivity index (χ1v) is 7.78. The molecule has 0 unspecified atom stereocenters. The monoisotopic (exact) mass is 282 g/mol. The smallest absolute Gasteiger partial charge is 0.166 e. The molecule has 1 aromatic rings. The van der Waals surface area contributed by atoms with E-state index < -0.39 is 0 Å². The first-order chi connectivity index (χ1) is 9.33. The summed E-state index contributed by atoms with van der Waals surface area (Å²) in [5, 5.41) is 7.07. The maximum absolute atomic E-state index is 5.22. The molecular formula is C15H26N2OS. The van der Waals surface area contributed by atoms with Gasteiger partial charge in [0.15, 0.2) is 5.11 Å². The maximum atomic E-state index is 5.22. The zero-order valence-corrected chi connectivity index (χ0v) is 12.7. The molecule has 19 heavy (non-hydrogen) atoms. The van der Waals surface area contributed by atoms with Crippen LogP contribution in [-0.4, -0.2) is 11.7 Å². The van der Waals surface area contributed by atoms with Crippen LogP contribution in [0, 0.1) is 0 Å². The van der Waals surface area contributed by atoms with E-state index in [1.54, 1.807) is 6.26 Å². The van der Waals surface area contributed by atoms with Crippen LogP contribution < -0.4 is 10.6 Å². The predicted octanol–water partition coefficient (Wildman–Crippen LogP) is 3.99. The molecule has 0 spiro atoms. The predicted molar refractivity (Wildman–Crippen MR) is 84.1 cm³/mol. The zero-order chi connectivity index (χ0) is 13.8. The highest BCUT2D eigenvalue weighted by Gasteiger charge is 1.98. The van der Waals surface area contributed by atoms with Gasteiger partial charge >= 0.3 is 0 Å². The molecule has 0 aliphatic rings. The molecular weight excluding hydrogens is 256 g/mol. The maximum Gasteiger partial charge on any atom is 0.166 e. The first kappa shape index (κ1) is 16.0. The van der Waals surface area contributed by atoms with Crippen molar-refractivity contribution in [3.05, 3.63) is 24.2 Å². The second kappa shape index (κ2) is 10.9. The standard InChI is InChI=1S/C15H26N2OS/c1-2-3-4-5-6-7-8-11-16-15(19)17-13-14-10-9-12-18-14/h9-10,12H,2-8,11,13H2,1H3,(H2,16,17,19). The van der Waals surface area contributed by atoms with Gasteiger partial charge in [0.2, 0.25) is 0 Å². The molecule has 1 rings (SSSR count). The van der Waals surface area contributed by atoms with Crippen molar-refractivity contribution < 1.29 is 4.42 Å². The summed E-state index contributed by atoms with van der Waals surface area (Å²) in [6.45, 7) is 3.86. The summed E-state index contributed by atoms with van der Waals surface area (Å²) < 4.78 is 5.22. The van der Waals surface area contributed by atoms with Crippen molar-refractivity contribution in [2.75, 3.05) is 6.54 Å². The Morgan fingerprint density at radius 3 is 2.53 bits per heavy atom. The normalized spacial score (nSPS) is 10.4. The fourth-order valence-corrected chi connectivity index (χ4v) is 2.10. The molecule has 0 saturated heterocycles. The summed E-state index contributed by atoms with van der Waals surface area (Å²) in [7, 11) is 0. The van der Waals surface area contributed by atoms with Crippen LogP contribution in [0.2, 0.25) is 0 Å². The third kappa shape index (κ3) is 8.65. The summed E-state index contributed by atoms with van der Waals surface area (Å²) in [4.78, 5) is 0. The number of hydrogen-bond donors (Lipinski definition) is 2.